The molecule has 278 valence electrons. The SMILES string of the molecule is CNc1c(Cl)cc(C[C@@H](NC(=O)N2CCC(N3Cc4sccc4NC3=O)CC2)C(=O)N2CCN(C3CC4CCC(C3)N4C)CC2)cc1C(F)(F)F. The standard InChI is InChI=1S/C35H46ClF3N8O3S/c1-40-31-26(35(37,38)39)15-21(16-27(31)36)17-29(32(48)45-12-10-44(11-13-45)25-18-23-3-4-24(19-25)43(23)2)42-33(49)46-8-5-22(6-9-46)47-20-30-28(7-14-51-30)41-34(47)50/h7,14-16,22-25,29,40H,3-6,8-13,17-20H2,1-2H3,(H,41,50)(H,42,49)/t23?,24?,25?,29-/m1/s1. The smallest absolute Gasteiger partial charge is 0.386 e. The van der Waals surface area contributed by atoms with E-state index in [0.29, 0.717) is 76.8 Å². The zero-order chi connectivity index (χ0) is 36.0. The van der Waals surface area contributed by atoms with Gasteiger partial charge in [0.15, 0.2) is 0 Å². The number of carbonyl (C=O) groups is 3. The maximum Gasteiger partial charge on any atom is 0.418 e. The molecule has 11 nitrogen and oxygen atoms in total. The van der Waals surface area contributed by atoms with E-state index >= 15 is 0 Å². The predicted octanol–water partition coefficient (Wildman–Crippen LogP) is 5.36. The number of amides is 5. The van der Waals surface area contributed by atoms with Crippen molar-refractivity contribution in [3.8, 4) is 0 Å². The Morgan fingerprint density at radius 3 is 2.31 bits per heavy atom. The highest BCUT2D eigenvalue weighted by Crippen LogP contribution is 2.40. The van der Waals surface area contributed by atoms with Crippen LogP contribution in [-0.4, -0.2) is 126 Å². The van der Waals surface area contributed by atoms with Crippen LogP contribution < -0.4 is 16.0 Å². The molecule has 3 N–H and O–H groups in total. The van der Waals surface area contributed by atoms with Gasteiger partial charge >= 0.3 is 18.2 Å². The van der Waals surface area contributed by atoms with E-state index in [1.165, 1.54) is 26.0 Å². The van der Waals surface area contributed by atoms with Gasteiger partial charge in [0.1, 0.15) is 6.04 Å². The number of halogens is 4. The van der Waals surface area contributed by atoms with Crippen LogP contribution in [0.3, 0.4) is 0 Å². The highest BCUT2D eigenvalue weighted by atomic mass is 35.5. The Hall–Kier alpha value is -3.27. The number of likely N-dealkylation sites (tertiary alicyclic amines) is 1. The van der Waals surface area contributed by atoms with Gasteiger partial charge in [-0.05, 0) is 74.7 Å². The molecule has 1 aromatic heterocycles. The minimum atomic E-state index is -4.68. The summed E-state index contributed by atoms with van der Waals surface area (Å²) in [5.41, 5.74) is -0.121. The zero-order valence-electron chi connectivity index (χ0n) is 29.0. The Kier molecular flexibility index (Phi) is 10.4. The highest BCUT2D eigenvalue weighted by molar-refractivity contribution is 7.10. The monoisotopic (exact) mass is 750 g/mol. The molecule has 0 spiro atoms. The number of hydrogen-bond acceptors (Lipinski definition) is 7. The molecule has 16 heteroatoms. The summed E-state index contributed by atoms with van der Waals surface area (Å²) in [5.74, 6) is -0.319. The second kappa shape index (κ2) is 14.6. The van der Waals surface area contributed by atoms with Gasteiger partial charge in [-0.15, -0.1) is 11.3 Å². The number of fused-ring (bicyclic) bond motifs is 3. The molecule has 4 saturated heterocycles. The fraction of sp³-hybridized carbons (Fsp3) is 0.629. The van der Waals surface area contributed by atoms with Gasteiger partial charge in [-0.3, -0.25) is 9.69 Å². The van der Waals surface area contributed by atoms with E-state index in [4.69, 9.17) is 11.6 Å². The summed E-state index contributed by atoms with van der Waals surface area (Å²) >= 11 is 7.91. The molecular formula is C35H46ClF3N8O3S. The molecule has 2 bridgehead atoms. The second-order valence-corrected chi connectivity index (χ2v) is 15.9. The molecule has 5 aliphatic heterocycles. The molecule has 5 amide bonds. The van der Waals surface area contributed by atoms with E-state index in [1.807, 2.05) is 16.3 Å². The number of nitrogens with one attached hydrogen (secondary N) is 3. The van der Waals surface area contributed by atoms with Crippen molar-refractivity contribution in [3.05, 3.63) is 44.6 Å². The molecule has 0 aliphatic carbocycles. The van der Waals surface area contributed by atoms with Crippen LogP contribution in [0.15, 0.2) is 23.6 Å². The predicted molar refractivity (Wildman–Crippen MR) is 191 cm³/mol. The molecule has 2 unspecified atom stereocenters. The number of piperazine rings is 1. The van der Waals surface area contributed by atoms with Crippen molar-refractivity contribution < 1.29 is 27.6 Å². The lowest BCUT2D eigenvalue weighted by Crippen LogP contribution is -2.60. The lowest BCUT2D eigenvalue weighted by atomic mass is 9.95. The van der Waals surface area contributed by atoms with Crippen LogP contribution in [-0.2, 0) is 23.9 Å². The van der Waals surface area contributed by atoms with Gasteiger partial charge in [0, 0.05) is 81.8 Å². The first-order valence-corrected chi connectivity index (χ1v) is 19.2. The topological polar surface area (TPSA) is 103 Å². The van der Waals surface area contributed by atoms with Crippen LogP contribution in [0.1, 0.15) is 54.5 Å². The maximum atomic E-state index is 14.2. The molecule has 4 fully saturated rings. The Morgan fingerprint density at radius 1 is 0.980 bits per heavy atom. The molecule has 2 aromatic rings. The van der Waals surface area contributed by atoms with Crippen molar-refractivity contribution in [1.29, 1.82) is 0 Å². The van der Waals surface area contributed by atoms with E-state index in [9.17, 15) is 27.6 Å². The summed E-state index contributed by atoms with van der Waals surface area (Å²) in [6, 6.07) is 4.26. The van der Waals surface area contributed by atoms with E-state index in [2.05, 4.69) is 32.8 Å². The Balaban J connectivity index is 1.03. The third-order valence-electron chi connectivity index (χ3n) is 11.7. The van der Waals surface area contributed by atoms with Gasteiger partial charge in [0.2, 0.25) is 5.91 Å². The van der Waals surface area contributed by atoms with Crippen LogP contribution in [0, 0.1) is 0 Å². The summed E-state index contributed by atoms with van der Waals surface area (Å²) in [4.78, 5) is 52.0. The van der Waals surface area contributed by atoms with Crippen LogP contribution in [0.2, 0.25) is 5.02 Å². The minimum Gasteiger partial charge on any atom is -0.386 e. The van der Waals surface area contributed by atoms with Crippen molar-refractivity contribution >= 4 is 52.3 Å². The highest BCUT2D eigenvalue weighted by Gasteiger charge is 2.42. The van der Waals surface area contributed by atoms with Crippen LogP contribution in [0.5, 0.6) is 0 Å². The third-order valence-corrected chi connectivity index (χ3v) is 12.9. The van der Waals surface area contributed by atoms with Crippen molar-refractivity contribution in [3.63, 3.8) is 0 Å². The summed E-state index contributed by atoms with van der Waals surface area (Å²) in [5, 5.41) is 10.2. The average Bonchev–Trinajstić information content (AvgIpc) is 3.63. The average molecular weight is 751 g/mol. The van der Waals surface area contributed by atoms with Gasteiger partial charge in [0.05, 0.1) is 28.5 Å². The molecule has 0 saturated carbocycles. The number of anilines is 2. The minimum absolute atomic E-state index is 0.0496. The first-order chi connectivity index (χ1) is 24.4. The zero-order valence-corrected chi connectivity index (χ0v) is 30.5. The molecular weight excluding hydrogens is 705 g/mol. The first kappa shape index (κ1) is 36.1. The van der Waals surface area contributed by atoms with Gasteiger partial charge in [0.25, 0.3) is 0 Å². The molecule has 5 aliphatic rings. The maximum absolute atomic E-state index is 14.2. The lowest BCUT2D eigenvalue weighted by Gasteiger charge is -2.45. The summed E-state index contributed by atoms with van der Waals surface area (Å²) < 4.78 is 42.2. The van der Waals surface area contributed by atoms with Crippen molar-refractivity contribution in [1.82, 2.24) is 29.8 Å². The van der Waals surface area contributed by atoms with E-state index < -0.39 is 23.8 Å². The number of alkyl halides is 3. The third kappa shape index (κ3) is 7.49. The number of thiophene rings is 1. The van der Waals surface area contributed by atoms with Crippen LogP contribution >= 0.6 is 22.9 Å². The summed E-state index contributed by atoms with van der Waals surface area (Å²) in [6.45, 7) is 3.66. The molecule has 1 aromatic carbocycles. The Morgan fingerprint density at radius 2 is 1.67 bits per heavy atom. The first-order valence-electron chi connectivity index (χ1n) is 17.9. The number of rotatable bonds is 7. The largest absolute Gasteiger partial charge is 0.418 e. The van der Waals surface area contributed by atoms with Crippen LogP contribution in [0.4, 0.5) is 34.1 Å². The van der Waals surface area contributed by atoms with Gasteiger partial charge in [-0.1, -0.05) is 11.6 Å². The summed E-state index contributed by atoms with van der Waals surface area (Å²) in [6.07, 6.45) is 1.02. The quantitative estimate of drug-likeness (QED) is 0.352. The summed E-state index contributed by atoms with van der Waals surface area (Å²) in [7, 11) is 3.59. The van der Waals surface area contributed by atoms with E-state index in [0.717, 1.165) is 29.5 Å². The fourth-order valence-corrected chi connectivity index (χ4v) is 9.97. The number of nitrogens with zero attached hydrogens (tertiary/aromatic N) is 5. The normalized spacial score (nSPS) is 25.4. The molecule has 6 heterocycles. The number of carbonyl (C=O) groups excluding carboxylic acids is 3. The van der Waals surface area contributed by atoms with Gasteiger partial charge in [-0.25, -0.2) is 9.59 Å². The van der Waals surface area contributed by atoms with Crippen molar-refractivity contribution in [2.45, 2.75) is 87.9 Å². The van der Waals surface area contributed by atoms with Gasteiger partial charge in [-0.2, -0.15) is 13.2 Å². The van der Waals surface area contributed by atoms with Crippen molar-refractivity contribution in [2.24, 2.45) is 0 Å². The number of hydrogen-bond donors (Lipinski definition) is 3. The molecule has 51 heavy (non-hydrogen) atoms. The van der Waals surface area contributed by atoms with E-state index in [-0.39, 0.29) is 40.7 Å². The second-order valence-electron chi connectivity index (χ2n) is 14.5. The van der Waals surface area contributed by atoms with Gasteiger partial charge < -0.3 is 35.6 Å². The fourth-order valence-electron chi connectivity index (χ4n) is 8.81. The van der Waals surface area contributed by atoms with Crippen molar-refractivity contribution in [2.75, 3.05) is 64.0 Å². The molecule has 3 atom stereocenters. The number of benzene rings is 1. The number of piperidine rings is 2. The number of urea groups is 2. The lowest BCUT2D eigenvalue weighted by molar-refractivity contribution is -0.137. The Bertz CT molecular complexity index is 1610. The molecule has 7 rings (SSSR count). The van der Waals surface area contributed by atoms with Crippen LogP contribution in [0.25, 0.3) is 0 Å². The van der Waals surface area contributed by atoms with E-state index in [1.54, 1.807) is 21.1 Å². The molecule has 0 radical (unpaired) electrons. The Labute approximate surface area is 305 Å².